The molecule has 0 aliphatic rings. The molecule has 0 heterocycles. The van der Waals surface area contributed by atoms with Gasteiger partial charge in [0.05, 0.1) is 0 Å². The molecule has 0 radical (unpaired) electrons. The summed E-state index contributed by atoms with van der Waals surface area (Å²) in [5.74, 6) is -0.391. The lowest BCUT2D eigenvalue weighted by Crippen LogP contribution is -2.06. The second-order valence-electron chi connectivity index (χ2n) is 3.01. The Balaban J connectivity index is 2.64. The number of carbonyl (C=O) groups excluding carboxylic acids is 2. The van der Waals surface area contributed by atoms with Crippen LogP contribution in [0.5, 0.6) is 0 Å². The molecule has 1 rings (SSSR count). The number of Topliss-reactive ketones (excluding diaryl/α,β-unsaturated/α-hetero) is 1. The predicted octanol–water partition coefficient (Wildman–Crippen LogP) is 2.60. The highest BCUT2D eigenvalue weighted by molar-refractivity contribution is 8.15. The van der Waals surface area contributed by atoms with E-state index in [4.69, 9.17) is 0 Å². The minimum atomic E-state index is -0.391. The van der Waals surface area contributed by atoms with Gasteiger partial charge in [0, 0.05) is 12.2 Å². The molecule has 14 heavy (non-hydrogen) atoms. The van der Waals surface area contributed by atoms with Gasteiger partial charge in [-0.2, -0.15) is 0 Å². The highest BCUT2D eigenvalue weighted by Gasteiger charge is 2.14. The van der Waals surface area contributed by atoms with E-state index in [2.05, 4.69) is 0 Å². The SMILES string of the molecule is CC(=O)C(=O)SC(C)c1ccccc1. The van der Waals surface area contributed by atoms with Crippen LogP contribution < -0.4 is 0 Å². The summed E-state index contributed by atoms with van der Waals surface area (Å²) in [4.78, 5) is 21.9. The first kappa shape index (κ1) is 11.0. The summed E-state index contributed by atoms with van der Waals surface area (Å²) < 4.78 is 0. The van der Waals surface area contributed by atoms with Crippen LogP contribution in [0.15, 0.2) is 30.3 Å². The standard InChI is InChI=1S/C11H12O2S/c1-8(12)11(13)14-9(2)10-6-4-3-5-7-10/h3-7,9H,1-2H3. The summed E-state index contributed by atoms with van der Waals surface area (Å²) in [6.45, 7) is 3.22. The van der Waals surface area contributed by atoms with E-state index in [0.29, 0.717) is 0 Å². The molecule has 0 aliphatic heterocycles. The third kappa shape index (κ3) is 3.00. The van der Waals surface area contributed by atoms with Crippen LogP contribution in [0.3, 0.4) is 0 Å². The van der Waals surface area contributed by atoms with Crippen molar-refractivity contribution in [2.75, 3.05) is 0 Å². The largest absolute Gasteiger partial charge is 0.290 e. The van der Waals surface area contributed by atoms with Gasteiger partial charge in [0.15, 0.2) is 0 Å². The molecule has 0 aromatic heterocycles. The highest BCUT2D eigenvalue weighted by atomic mass is 32.2. The van der Waals surface area contributed by atoms with E-state index in [1.165, 1.54) is 6.92 Å². The lowest BCUT2D eigenvalue weighted by Gasteiger charge is -2.08. The summed E-state index contributed by atoms with van der Waals surface area (Å²) in [6, 6.07) is 9.67. The molecular formula is C11H12O2S. The normalized spacial score (nSPS) is 12.1. The van der Waals surface area contributed by atoms with Crippen LogP contribution in [0.25, 0.3) is 0 Å². The van der Waals surface area contributed by atoms with Crippen LogP contribution >= 0.6 is 11.8 Å². The second kappa shape index (κ2) is 4.96. The van der Waals surface area contributed by atoms with E-state index < -0.39 is 5.78 Å². The highest BCUT2D eigenvalue weighted by Crippen LogP contribution is 2.28. The summed E-state index contributed by atoms with van der Waals surface area (Å²) in [5, 5.41) is -0.339. The Morgan fingerprint density at radius 1 is 1.21 bits per heavy atom. The van der Waals surface area contributed by atoms with Gasteiger partial charge >= 0.3 is 0 Å². The number of rotatable bonds is 3. The fourth-order valence-corrected chi connectivity index (χ4v) is 1.82. The van der Waals surface area contributed by atoms with E-state index in [1.54, 1.807) is 0 Å². The van der Waals surface area contributed by atoms with Gasteiger partial charge in [-0.05, 0) is 12.5 Å². The zero-order valence-electron chi connectivity index (χ0n) is 8.19. The minimum Gasteiger partial charge on any atom is -0.290 e. The number of hydrogen-bond donors (Lipinski definition) is 0. The molecule has 74 valence electrons. The second-order valence-corrected chi connectivity index (χ2v) is 4.33. The van der Waals surface area contributed by atoms with Crippen molar-refractivity contribution in [2.24, 2.45) is 0 Å². The average Bonchev–Trinajstić information content (AvgIpc) is 2.19. The predicted molar refractivity (Wildman–Crippen MR) is 58.1 cm³/mol. The van der Waals surface area contributed by atoms with Gasteiger partial charge in [-0.25, -0.2) is 0 Å². The van der Waals surface area contributed by atoms with Gasteiger partial charge in [0.2, 0.25) is 5.78 Å². The van der Waals surface area contributed by atoms with Crippen molar-refractivity contribution in [3.8, 4) is 0 Å². The summed E-state index contributed by atoms with van der Waals surface area (Å²) in [7, 11) is 0. The van der Waals surface area contributed by atoms with Gasteiger partial charge in [0.1, 0.15) is 0 Å². The van der Waals surface area contributed by atoms with Crippen molar-refractivity contribution in [3.63, 3.8) is 0 Å². The minimum absolute atomic E-state index is 0.0348. The van der Waals surface area contributed by atoms with Gasteiger partial charge in [-0.15, -0.1) is 0 Å². The Morgan fingerprint density at radius 3 is 2.29 bits per heavy atom. The first-order chi connectivity index (χ1) is 6.61. The molecular weight excluding hydrogens is 196 g/mol. The van der Waals surface area contributed by atoms with Crippen molar-refractivity contribution in [1.82, 2.24) is 0 Å². The molecule has 1 atom stereocenters. The molecule has 0 bridgehead atoms. The Kier molecular flexibility index (Phi) is 3.89. The van der Waals surface area contributed by atoms with E-state index in [-0.39, 0.29) is 10.4 Å². The lowest BCUT2D eigenvalue weighted by molar-refractivity contribution is -0.130. The molecule has 0 amide bonds. The molecule has 0 fully saturated rings. The first-order valence-corrected chi connectivity index (χ1v) is 5.25. The number of benzene rings is 1. The number of thioether (sulfide) groups is 1. The first-order valence-electron chi connectivity index (χ1n) is 4.37. The Hall–Kier alpha value is -1.09. The zero-order chi connectivity index (χ0) is 10.6. The fraction of sp³-hybridized carbons (Fsp3) is 0.273. The topological polar surface area (TPSA) is 34.1 Å². The molecule has 0 N–H and O–H groups in total. The maximum Gasteiger partial charge on any atom is 0.255 e. The molecule has 0 aliphatic carbocycles. The monoisotopic (exact) mass is 208 g/mol. The third-order valence-electron chi connectivity index (χ3n) is 1.84. The molecule has 1 aromatic rings. The van der Waals surface area contributed by atoms with E-state index in [9.17, 15) is 9.59 Å². The fourth-order valence-electron chi connectivity index (χ4n) is 1.04. The molecule has 1 aromatic carbocycles. The summed E-state index contributed by atoms with van der Waals surface area (Å²) in [5.41, 5.74) is 1.06. The summed E-state index contributed by atoms with van der Waals surface area (Å²) >= 11 is 1.07. The molecule has 0 saturated heterocycles. The average molecular weight is 208 g/mol. The van der Waals surface area contributed by atoms with E-state index >= 15 is 0 Å². The summed E-state index contributed by atoms with van der Waals surface area (Å²) in [6.07, 6.45) is 0. The quantitative estimate of drug-likeness (QED) is 0.716. The number of carbonyl (C=O) groups is 2. The molecule has 0 spiro atoms. The van der Waals surface area contributed by atoms with Gasteiger partial charge in [0.25, 0.3) is 5.12 Å². The third-order valence-corrected chi connectivity index (χ3v) is 2.97. The number of ketones is 1. The lowest BCUT2D eigenvalue weighted by atomic mass is 10.2. The van der Waals surface area contributed by atoms with Crippen LogP contribution in [-0.4, -0.2) is 10.9 Å². The van der Waals surface area contributed by atoms with E-state index in [0.717, 1.165) is 17.3 Å². The van der Waals surface area contributed by atoms with Crippen LogP contribution in [0.2, 0.25) is 0 Å². The van der Waals surface area contributed by atoms with Crippen molar-refractivity contribution in [3.05, 3.63) is 35.9 Å². The molecule has 0 saturated carbocycles. The van der Waals surface area contributed by atoms with Gasteiger partial charge in [-0.1, -0.05) is 42.1 Å². The van der Waals surface area contributed by atoms with Gasteiger partial charge < -0.3 is 0 Å². The molecule has 2 nitrogen and oxygen atoms in total. The van der Waals surface area contributed by atoms with E-state index in [1.807, 2.05) is 37.3 Å². The smallest absolute Gasteiger partial charge is 0.255 e. The number of hydrogen-bond acceptors (Lipinski definition) is 3. The maximum absolute atomic E-state index is 11.1. The van der Waals surface area contributed by atoms with Crippen molar-refractivity contribution in [2.45, 2.75) is 19.1 Å². The Bertz CT molecular complexity index is 332. The van der Waals surface area contributed by atoms with Crippen molar-refractivity contribution >= 4 is 22.7 Å². The van der Waals surface area contributed by atoms with Crippen LogP contribution in [0, 0.1) is 0 Å². The van der Waals surface area contributed by atoms with Crippen molar-refractivity contribution < 1.29 is 9.59 Å². The zero-order valence-corrected chi connectivity index (χ0v) is 9.01. The van der Waals surface area contributed by atoms with Crippen LogP contribution in [0.1, 0.15) is 24.7 Å². The van der Waals surface area contributed by atoms with Crippen LogP contribution in [-0.2, 0) is 9.59 Å². The Labute approximate surface area is 87.7 Å². The maximum atomic E-state index is 11.1. The van der Waals surface area contributed by atoms with Crippen LogP contribution in [0.4, 0.5) is 0 Å². The molecule has 1 unspecified atom stereocenters. The molecule has 3 heteroatoms. The Morgan fingerprint density at radius 2 is 1.79 bits per heavy atom. The van der Waals surface area contributed by atoms with Gasteiger partial charge in [-0.3, -0.25) is 9.59 Å². The van der Waals surface area contributed by atoms with Crippen molar-refractivity contribution in [1.29, 1.82) is 0 Å².